The molecule has 4 N–H and O–H groups in total. The Labute approximate surface area is 209 Å². The Hall–Kier alpha value is -3.54. The highest BCUT2D eigenvalue weighted by atomic mass is 16.5. The Morgan fingerprint density at radius 1 is 1.17 bits per heavy atom. The fraction of sp³-hybridized carbons (Fsp3) is 0.440. The van der Waals surface area contributed by atoms with Crippen LogP contribution in [0.1, 0.15) is 42.5 Å². The normalized spacial score (nSPS) is 15.2. The summed E-state index contributed by atoms with van der Waals surface area (Å²) in [6, 6.07) is 10.6. The molecule has 0 bridgehead atoms. The number of ether oxygens (including phenoxy) is 1. The number of nitrogens with zero attached hydrogens (tertiary/aromatic N) is 3. The van der Waals surface area contributed by atoms with Crippen LogP contribution in [0.4, 0.5) is 0 Å². The molecule has 1 unspecified atom stereocenters. The molecule has 1 aliphatic rings. The summed E-state index contributed by atoms with van der Waals surface area (Å²) in [6.07, 6.45) is 4.11. The second-order valence-corrected chi connectivity index (χ2v) is 8.65. The average Bonchev–Trinajstić information content (AvgIpc) is 3.43. The lowest BCUT2D eigenvalue weighted by molar-refractivity contribution is -0.170. The van der Waals surface area contributed by atoms with Gasteiger partial charge in [0.25, 0.3) is 0 Å². The van der Waals surface area contributed by atoms with Gasteiger partial charge in [0.1, 0.15) is 0 Å². The van der Waals surface area contributed by atoms with Crippen molar-refractivity contribution in [2.24, 2.45) is 0 Å². The van der Waals surface area contributed by atoms with Crippen LogP contribution in [0.25, 0.3) is 6.20 Å². The lowest BCUT2D eigenvalue weighted by atomic mass is 9.96. The van der Waals surface area contributed by atoms with Crippen LogP contribution >= 0.6 is 0 Å². The molecule has 196 valence electrons. The summed E-state index contributed by atoms with van der Waals surface area (Å²) >= 11 is 0. The maximum Gasteiger partial charge on any atom is 0.336 e. The minimum atomic E-state index is -2.74. The Kier molecular flexibility index (Phi) is 10.8. The molecule has 2 heterocycles. The number of hydrogen-bond donors (Lipinski definition) is 4. The maximum atomic E-state index is 10.3. The molecule has 0 aliphatic carbocycles. The number of rotatable bonds is 12. The Morgan fingerprint density at radius 2 is 1.81 bits per heavy atom. The Bertz CT molecular complexity index is 1020. The van der Waals surface area contributed by atoms with Crippen LogP contribution in [-0.4, -0.2) is 77.9 Å². The molecule has 0 amide bonds. The fourth-order valence-corrected chi connectivity index (χ4v) is 3.86. The molecule has 0 spiro atoms. The third kappa shape index (κ3) is 8.91. The summed E-state index contributed by atoms with van der Waals surface area (Å²) in [5.74, 6) is -5.02. The molecule has 1 aliphatic heterocycles. The van der Waals surface area contributed by atoms with E-state index in [1.807, 2.05) is 10.9 Å². The Balaban J connectivity index is 0.000000302. The zero-order valence-corrected chi connectivity index (χ0v) is 20.2. The molecule has 1 aromatic heterocycles. The second kappa shape index (κ2) is 13.5. The number of aliphatic carboxylic acids is 3. The number of aliphatic hydroxyl groups is 1. The number of carboxylic acid groups (broad SMARTS) is 3. The van der Waals surface area contributed by atoms with Gasteiger partial charge in [-0.25, -0.2) is 9.48 Å². The van der Waals surface area contributed by atoms with Crippen molar-refractivity contribution in [2.45, 2.75) is 57.4 Å². The number of carboxylic acids is 3. The molecule has 1 saturated heterocycles. The number of hydrogen-bond acceptors (Lipinski definition) is 7. The zero-order valence-electron chi connectivity index (χ0n) is 20.2. The highest BCUT2D eigenvalue weighted by Crippen LogP contribution is 2.19. The van der Waals surface area contributed by atoms with Crippen molar-refractivity contribution >= 4 is 24.1 Å². The highest BCUT2D eigenvalue weighted by molar-refractivity contribution is 5.88. The van der Waals surface area contributed by atoms with Crippen molar-refractivity contribution in [3.63, 3.8) is 0 Å². The SMILES string of the molecule is C=Cn1ncc(CN(Cc2ccccc2)CC2CCCO2)c1C.O=C(O)CC(O)(CC(=O)O)C(=O)O. The zero-order chi connectivity index (χ0) is 26.7. The monoisotopic (exact) mass is 503 g/mol. The van der Waals surface area contributed by atoms with Gasteiger partial charge in [0, 0.05) is 43.7 Å². The molecule has 11 nitrogen and oxygen atoms in total. The van der Waals surface area contributed by atoms with Gasteiger partial charge in [-0.05, 0) is 25.3 Å². The van der Waals surface area contributed by atoms with Crippen molar-refractivity contribution in [1.82, 2.24) is 14.7 Å². The first-order chi connectivity index (χ1) is 17.0. The molecule has 36 heavy (non-hydrogen) atoms. The van der Waals surface area contributed by atoms with Crippen molar-refractivity contribution in [3.05, 3.63) is 59.9 Å². The summed E-state index contributed by atoms with van der Waals surface area (Å²) in [7, 11) is 0. The standard InChI is InChI=1S/C19H25N3O.C6H8O7/c1-3-22-16(2)18(12-20-22)14-21(15-19-10-7-11-23-19)13-17-8-5-4-6-9-17;7-3(8)1-6(13,5(11)12)2-4(9)10/h3-6,8-9,12,19H,1,7,10-11,13-15H2,2H3;13H,1-2H2,(H,7,8)(H,9,10)(H,11,12). The topological polar surface area (TPSA) is 162 Å². The number of benzene rings is 1. The third-order valence-corrected chi connectivity index (χ3v) is 5.73. The van der Waals surface area contributed by atoms with Crippen LogP contribution < -0.4 is 0 Å². The van der Waals surface area contributed by atoms with E-state index in [2.05, 4.69) is 53.8 Å². The Morgan fingerprint density at radius 3 is 2.28 bits per heavy atom. The molecular weight excluding hydrogens is 470 g/mol. The lowest BCUT2D eigenvalue weighted by Crippen LogP contribution is -2.42. The van der Waals surface area contributed by atoms with Gasteiger partial charge in [-0.1, -0.05) is 36.9 Å². The summed E-state index contributed by atoms with van der Waals surface area (Å²) < 4.78 is 7.67. The summed E-state index contributed by atoms with van der Waals surface area (Å²) in [6.45, 7) is 9.58. The third-order valence-electron chi connectivity index (χ3n) is 5.73. The first kappa shape index (κ1) is 28.7. The molecule has 2 aromatic rings. The van der Waals surface area contributed by atoms with Crippen molar-refractivity contribution in [1.29, 1.82) is 0 Å². The average molecular weight is 504 g/mol. The van der Waals surface area contributed by atoms with Gasteiger partial charge in [-0.15, -0.1) is 0 Å². The van der Waals surface area contributed by atoms with E-state index in [0.29, 0.717) is 6.10 Å². The van der Waals surface area contributed by atoms with Crippen LogP contribution in [0.15, 0.2) is 43.1 Å². The first-order valence-electron chi connectivity index (χ1n) is 11.5. The van der Waals surface area contributed by atoms with Gasteiger partial charge >= 0.3 is 17.9 Å². The molecule has 1 aromatic carbocycles. The van der Waals surface area contributed by atoms with E-state index < -0.39 is 36.4 Å². The quantitative estimate of drug-likeness (QED) is 0.338. The number of carbonyl (C=O) groups is 3. The van der Waals surface area contributed by atoms with Crippen LogP contribution in [0.2, 0.25) is 0 Å². The van der Waals surface area contributed by atoms with Gasteiger partial charge in [0.05, 0.1) is 25.1 Å². The highest BCUT2D eigenvalue weighted by Gasteiger charge is 2.40. The minimum Gasteiger partial charge on any atom is -0.481 e. The van der Waals surface area contributed by atoms with E-state index in [4.69, 9.17) is 25.2 Å². The van der Waals surface area contributed by atoms with Crippen molar-refractivity contribution < 1.29 is 39.5 Å². The molecule has 11 heteroatoms. The van der Waals surface area contributed by atoms with Gasteiger partial charge in [-0.2, -0.15) is 5.10 Å². The first-order valence-corrected chi connectivity index (χ1v) is 11.5. The van der Waals surface area contributed by atoms with Gasteiger partial charge in [0.15, 0.2) is 5.60 Å². The minimum absolute atomic E-state index is 0.355. The van der Waals surface area contributed by atoms with Crippen molar-refractivity contribution in [2.75, 3.05) is 13.2 Å². The maximum absolute atomic E-state index is 10.3. The predicted octanol–water partition coefficient (Wildman–Crippen LogP) is 2.22. The molecule has 1 atom stereocenters. The molecule has 1 fully saturated rings. The van der Waals surface area contributed by atoms with Crippen molar-refractivity contribution in [3.8, 4) is 0 Å². The molecule has 0 radical (unpaired) electrons. The smallest absolute Gasteiger partial charge is 0.336 e. The van der Waals surface area contributed by atoms with Crippen LogP contribution in [0, 0.1) is 6.92 Å². The summed E-state index contributed by atoms with van der Waals surface area (Å²) in [4.78, 5) is 32.9. The lowest BCUT2D eigenvalue weighted by Gasteiger charge is -2.25. The van der Waals surface area contributed by atoms with E-state index in [9.17, 15) is 14.4 Å². The van der Waals surface area contributed by atoms with Crippen LogP contribution in [0.3, 0.4) is 0 Å². The second-order valence-electron chi connectivity index (χ2n) is 8.65. The van der Waals surface area contributed by atoms with E-state index in [1.54, 1.807) is 6.20 Å². The summed E-state index contributed by atoms with van der Waals surface area (Å²) in [5.41, 5.74) is 1.00. The predicted molar refractivity (Wildman–Crippen MR) is 130 cm³/mol. The van der Waals surface area contributed by atoms with E-state index in [1.165, 1.54) is 17.5 Å². The molecular formula is C25H33N3O8. The van der Waals surface area contributed by atoms with E-state index >= 15 is 0 Å². The molecule has 3 rings (SSSR count). The van der Waals surface area contributed by atoms with Crippen LogP contribution in [0.5, 0.6) is 0 Å². The summed E-state index contributed by atoms with van der Waals surface area (Å²) in [5, 5.41) is 38.2. The number of aromatic nitrogens is 2. The van der Waals surface area contributed by atoms with Crippen LogP contribution in [-0.2, 0) is 32.2 Å². The fourth-order valence-electron chi connectivity index (χ4n) is 3.86. The van der Waals surface area contributed by atoms with E-state index in [-0.39, 0.29) is 0 Å². The van der Waals surface area contributed by atoms with E-state index in [0.717, 1.165) is 38.4 Å². The van der Waals surface area contributed by atoms with Gasteiger partial charge in [-0.3, -0.25) is 14.5 Å². The largest absolute Gasteiger partial charge is 0.481 e. The molecule has 0 saturated carbocycles. The van der Waals surface area contributed by atoms with Gasteiger partial charge in [0.2, 0.25) is 0 Å². The van der Waals surface area contributed by atoms with Gasteiger partial charge < -0.3 is 25.2 Å².